The van der Waals surface area contributed by atoms with Crippen molar-refractivity contribution in [2.45, 2.75) is 6.17 Å². The van der Waals surface area contributed by atoms with Gasteiger partial charge in [-0.15, -0.1) is 0 Å². The van der Waals surface area contributed by atoms with Gasteiger partial charge in [0.05, 0.1) is 0 Å². The Kier molecular flexibility index (Phi) is 1.73. The maximum Gasteiger partial charge on any atom is 0.361 e. The number of carboxylic acid groups (broad SMARTS) is 1. The molecule has 0 amide bonds. The number of hydrogen-bond donors (Lipinski definition) is 3. The zero-order valence-corrected chi connectivity index (χ0v) is 5.39. The summed E-state index contributed by atoms with van der Waals surface area (Å²) in [6.45, 7) is 0. The van der Waals surface area contributed by atoms with Crippen LogP contribution in [0.4, 0.5) is 0 Å². The number of rotatable bonds is 2. The Morgan fingerprint density at radius 3 is 2.91 bits per heavy atom. The van der Waals surface area contributed by atoms with Crippen LogP contribution in [0.1, 0.15) is 6.17 Å². The van der Waals surface area contributed by atoms with E-state index in [1.54, 1.807) is 0 Å². The maximum absolute atomic E-state index is 10.4. The number of aromatic nitrogens is 3. The van der Waals surface area contributed by atoms with Gasteiger partial charge in [0.25, 0.3) is 0 Å². The van der Waals surface area contributed by atoms with Crippen LogP contribution in [0.2, 0.25) is 0 Å². The first kappa shape index (κ1) is 7.48. The maximum atomic E-state index is 10.4. The predicted molar refractivity (Wildman–Crippen MR) is 33.7 cm³/mol. The number of hydrogen-bond acceptors (Lipinski definition) is 4. The smallest absolute Gasteiger partial charge is 0.361 e. The molecule has 0 aliphatic heterocycles. The van der Waals surface area contributed by atoms with E-state index in [2.05, 4.69) is 10.1 Å². The monoisotopic (exact) mass is 158 g/mol. The zero-order valence-electron chi connectivity index (χ0n) is 5.39. The fourth-order valence-electron chi connectivity index (χ4n) is 0.543. The largest absolute Gasteiger partial charge is 0.479 e. The molecule has 0 aliphatic carbocycles. The second-order valence-corrected chi connectivity index (χ2v) is 1.85. The van der Waals surface area contributed by atoms with Gasteiger partial charge < -0.3 is 10.8 Å². The molecule has 0 saturated carbocycles. The molecular formula is C4H6N4O3. The molecule has 0 saturated heterocycles. The average molecular weight is 158 g/mol. The summed E-state index contributed by atoms with van der Waals surface area (Å²) >= 11 is 0. The van der Waals surface area contributed by atoms with E-state index < -0.39 is 17.8 Å². The van der Waals surface area contributed by atoms with Gasteiger partial charge in [-0.1, -0.05) is 0 Å². The fourth-order valence-corrected chi connectivity index (χ4v) is 0.543. The molecule has 1 aromatic heterocycles. The second-order valence-electron chi connectivity index (χ2n) is 1.85. The topological polar surface area (TPSA) is 114 Å². The Bertz CT molecular complexity index is 313. The summed E-state index contributed by atoms with van der Waals surface area (Å²) in [5.41, 5.74) is 4.48. The van der Waals surface area contributed by atoms with Crippen LogP contribution < -0.4 is 11.4 Å². The number of aliphatic carboxylic acids is 1. The Labute approximate surface area is 60.4 Å². The van der Waals surface area contributed by atoms with Crippen molar-refractivity contribution < 1.29 is 9.90 Å². The third-order valence-corrected chi connectivity index (χ3v) is 1.08. The van der Waals surface area contributed by atoms with E-state index in [0.29, 0.717) is 0 Å². The van der Waals surface area contributed by atoms with Gasteiger partial charge in [-0.25, -0.2) is 19.4 Å². The first-order valence-corrected chi connectivity index (χ1v) is 2.73. The molecule has 0 fully saturated rings. The molecule has 1 unspecified atom stereocenters. The highest BCUT2D eigenvalue weighted by Crippen LogP contribution is 1.90. The molecule has 4 N–H and O–H groups in total. The number of carbonyl (C=O) groups is 1. The van der Waals surface area contributed by atoms with E-state index in [1.807, 2.05) is 0 Å². The molecule has 7 heteroatoms. The van der Waals surface area contributed by atoms with E-state index >= 15 is 0 Å². The van der Waals surface area contributed by atoms with Gasteiger partial charge in [-0.2, -0.15) is 4.98 Å². The summed E-state index contributed by atoms with van der Waals surface area (Å²) in [5.74, 6) is -1.24. The summed E-state index contributed by atoms with van der Waals surface area (Å²) in [6, 6.07) is 0. The van der Waals surface area contributed by atoms with E-state index in [-0.39, 0.29) is 0 Å². The fraction of sp³-hybridized carbons (Fsp3) is 0.250. The predicted octanol–water partition coefficient (Wildman–Crippen LogP) is -1.89. The second kappa shape index (κ2) is 2.54. The Morgan fingerprint density at radius 1 is 1.91 bits per heavy atom. The SMILES string of the molecule is NC(C(=O)O)n1cnc(=O)[nH]1. The molecular weight excluding hydrogens is 152 g/mol. The Morgan fingerprint density at radius 2 is 2.55 bits per heavy atom. The minimum Gasteiger partial charge on any atom is -0.479 e. The summed E-state index contributed by atoms with van der Waals surface area (Å²) in [4.78, 5) is 23.8. The quantitative estimate of drug-likeness (QED) is 0.465. The van der Waals surface area contributed by atoms with Crippen molar-refractivity contribution in [3.8, 4) is 0 Å². The number of nitrogens with one attached hydrogen (secondary N) is 1. The highest BCUT2D eigenvalue weighted by atomic mass is 16.4. The van der Waals surface area contributed by atoms with E-state index in [9.17, 15) is 9.59 Å². The van der Waals surface area contributed by atoms with Crippen LogP contribution in [0.15, 0.2) is 11.1 Å². The van der Waals surface area contributed by atoms with E-state index in [0.717, 1.165) is 11.0 Å². The van der Waals surface area contributed by atoms with Crippen LogP contribution in [0, 0.1) is 0 Å². The minimum absolute atomic E-state index is 0.623. The van der Waals surface area contributed by atoms with Gasteiger partial charge in [-0.05, 0) is 0 Å². The number of carboxylic acids is 1. The van der Waals surface area contributed by atoms with Crippen molar-refractivity contribution in [3.05, 3.63) is 16.8 Å². The van der Waals surface area contributed by atoms with Gasteiger partial charge in [0.1, 0.15) is 6.33 Å². The van der Waals surface area contributed by atoms with E-state index in [4.69, 9.17) is 10.8 Å². The van der Waals surface area contributed by atoms with Gasteiger partial charge in [0, 0.05) is 0 Å². The van der Waals surface area contributed by atoms with Crippen LogP contribution in [0.25, 0.3) is 0 Å². The summed E-state index contributed by atoms with van der Waals surface area (Å²) in [7, 11) is 0. The average Bonchev–Trinajstić information content (AvgIpc) is 2.34. The van der Waals surface area contributed by atoms with Crippen LogP contribution in [0.3, 0.4) is 0 Å². The minimum atomic E-state index is -1.29. The van der Waals surface area contributed by atoms with Crippen LogP contribution in [-0.2, 0) is 4.79 Å². The standard InChI is InChI=1S/C4H6N4O3/c5-2(3(9)10)8-1-6-4(11)7-8/h1-2H,5H2,(H,7,11)(H,9,10). The molecule has 1 rings (SSSR count). The molecule has 0 aromatic carbocycles. The molecule has 0 spiro atoms. The van der Waals surface area contributed by atoms with Gasteiger partial charge in [0.2, 0.25) is 0 Å². The van der Waals surface area contributed by atoms with Crippen molar-refractivity contribution in [1.82, 2.24) is 14.8 Å². The molecule has 0 radical (unpaired) electrons. The molecule has 1 aromatic rings. The molecule has 60 valence electrons. The molecule has 0 bridgehead atoms. The third-order valence-electron chi connectivity index (χ3n) is 1.08. The lowest BCUT2D eigenvalue weighted by atomic mass is 10.5. The lowest BCUT2D eigenvalue weighted by Crippen LogP contribution is -2.28. The van der Waals surface area contributed by atoms with E-state index in [1.165, 1.54) is 0 Å². The van der Waals surface area contributed by atoms with Crippen molar-refractivity contribution in [1.29, 1.82) is 0 Å². The number of nitrogens with zero attached hydrogens (tertiary/aromatic N) is 2. The molecule has 1 heterocycles. The number of aromatic amines is 1. The van der Waals surface area contributed by atoms with Crippen molar-refractivity contribution in [2.24, 2.45) is 5.73 Å². The first-order chi connectivity index (χ1) is 5.11. The number of H-pyrrole nitrogens is 1. The lowest BCUT2D eigenvalue weighted by molar-refractivity contribution is -0.141. The normalized spacial score (nSPS) is 12.8. The van der Waals surface area contributed by atoms with Gasteiger partial charge in [0.15, 0.2) is 6.17 Å². The van der Waals surface area contributed by atoms with Crippen LogP contribution >= 0.6 is 0 Å². The molecule has 7 nitrogen and oxygen atoms in total. The van der Waals surface area contributed by atoms with Crippen molar-refractivity contribution in [2.75, 3.05) is 0 Å². The zero-order chi connectivity index (χ0) is 8.43. The summed E-state index contributed by atoms with van der Waals surface area (Å²) in [5, 5.41) is 10.5. The Balaban J connectivity index is 2.93. The Hall–Kier alpha value is -1.63. The van der Waals surface area contributed by atoms with Gasteiger partial charge in [-0.3, -0.25) is 0 Å². The van der Waals surface area contributed by atoms with Crippen LogP contribution in [0.5, 0.6) is 0 Å². The highest BCUT2D eigenvalue weighted by molar-refractivity contribution is 5.70. The molecule has 11 heavy (non-hydrogen) atoms. The summed E-state index contributed by atoms with van der Waals surface area (Å²) < 4.78 is 0.907. The molecule has 0 aliphatic rings. The summed E-state index contributed by atoms with van der Waals surface area (Å²) in [6.07, 6.45) is -0.258. The van der Waals surface area contributed by atoms with Crippen molar-refractivity contribution >= 4 is 5.97 Å². The van der Waals surface area contributed by atoms with Gasteiger partial charge >= 0.3 is 11.7 Å². The number of nitrogens with two attached hydrogens (primary N) is 1. The first-order valence-electron chi connectivity index (χ1n) is 2.73. The van der Waals surface area contributed by atoms with Crippen molar-refractivity contribution in [3.63, 3.8) is 0 Å². The molecule has 1 atom stereocenters. The third kappa shape index (κ3) is 1.44. The lowest BCUT2D eigenvalue weighted by Gasteiger charge is -2.04. The van der Waals surface area contributed by atoms with Crippen LogP contribution in [-0.4, -0.2) is 25.8 Å². The highest BCUT2D eigenvalue weighted by Gasteiger charge is 2.13.